The predicted octanol–water partition coefficient (Wildman–Crippen LogP) is 16.7. The molecule has 2 aliphatic rings. The molecule has 0 bridgehead atoms. The number of aryl methyl sites for hydroxylation is 1. The molecule has 4 heteroatoms. The van der Waals surface area contributed by atoms with Gasteiger partial charge in [0.05, 0.1) is 22.7 Å². The number of hydrogen-bond donors (Lipinski definition) is 0. The van der Waals surface area contributed by atoms with Crippen LogP contribution in [0.2, 0.25) is 0 Å². The average molecular weight is 807 g/mol. The molecule has 0 spiro atoms. The van der Waals surface area contributed by atoms with E-state index in [1.54, 1.807) is 0 Å². The molecular formula is C57H66N4. The van der Waals surface area contributed by atoms with Crippen LogP contribution in [-0.4, -0.2) is 17.8 Å². The number of nitrogens with zero attached hydrogens (tertiary/aromatic N) is 4. The van der Waals surface area contributed by atoms with Gasteiger partial charge in [0.2, 0.25) is 0 Å². The van der Waals surface area contributed by atoms with Crippen LogP contribution in [0.4, 0.5) is 39.8 Å². The molecule has 2 aliphatic heterocycles. The van der Waals surface area contributed by atoms with E-state index in [1.165, 1.54) is 28.2 Å². The van der Waals surface area contributed by atoms with Crippen LogP contribution < -0.4 is 14.7 Å². The van der Waals surface area contributed by atoms with Crippen molar-refractivity contribution in [3.05, 3.63) is 205 Å². The molecule has 0 radical (unpaired) electrons. The maximum absolute atomic E-state index is 4.70. The SMILES string of the molecule is C=C1c2ccccc2N(c2ccccc2)c2c(ccc(C)c2N(CCC)c2ccccc2)N1c1ccccc1.CC.C\C=C/C=C(\C=C/CC)C1(C)N=C1C/C=C\C=C/CC. The molecule has 0 aromatic heterocycles. The molecule has 2 heterocycles. The van der Waals surface area contributed by atoms with E-state index in [2.05, 4.69) is 238 Å². The highest BCUT2D eigenvalue weighted by Gasteiger charge is 2.43. The van der Waals surface area contributed by atoms with Crippen LogP contribution in [0, 0.1) is 6.92 Å². The van der Waals surface area contributed by atoms with Crippen LogP contribution in [0.3, 0.4) is 0 Å². The molecule has 0 saturated heterocycles. The smallest absolute Gasteiger partial charge is 0.121 e. The lowest BCUT2D eigenvalue weighted by molar-refractivity contribution is 0.873. The number of allylic oxidation sites excluding steroid dienone is 8. The molecule has 0 saturated carbocycles. The van der Waals surface area contributed by atoms with Crippen molar-refractivity contribution in [2.24, 2.45) is 4.99 Å². The molecule has 0 N–H and O–H groups in total. The minimum Gasteiger partial charge on any atom is -0.340 e. The molecule has 7 rings (SSSR count). The zero-order chi connectivity index (χ0) is 43.6. The summed E-state index contributed by atoms with van der Waals surface area (Å²) in [6, 6.07) is 45.1. The maximum atomic E-state index is 4.70. The van der Waals surface area contributed by atoms with Gasteiger partial charge in [0, 0.05) is 47.0 Å². The molecule has 5 aromatic carbocycles. The first-order valence-corrected chi connectivity index (χ1v) is 22.2. The molecule has 0 aliphatic carbocycles. The van der Waals surface area contributed by atoms with E-state index in [0.717, 1.165) is 71.9 Å². The summed E-state index contributed by atoms with van der Waals surface area (Å²) in [5, 5.41) is 0. The van der Waals surface area contributed by atoms with Gasteiger partial charge < -0.3 is 14.7 Å². The Kier molecular flexibility index (Phi) is 17.1. The Labute approximate surface area is 368 Å². The molecule has 61 heavy (non-hydrogen) atoms. The number of anilines is 7. The minimum absolute atomic E-state index is 0.0794. The van der Waals surface area contributed by atoms with Crippen molar-refractivity contribution in [1.82, 2.24) is 0 Å². The molecule has 5 aromatic rings. The van der Waals surface area contributed by atoms with Crippen LogP contribution in [-0.2, 0) is 0 Å². The maximum Gasteiger partial charge on any atom is 0.121 e. The summed E-state index contributed by atoms with van der Waals surface area (Å²) in [6.07, 6.45) is 23.4. The number of fused-ring (bicyclic) bond motifs is 2. The molecular weight excluding hydrogens is 741 g/mol. The van der Waals surface area contributed by atoms with Crippen molar-refractivity contribution in [2.75, 3.05) is 21.2 Å². The molecule has 314 valence electrons. The van der Waals surface area contributed by atoms with Gasteiger partial charge in [-0.1, -0.05) is 175 Å². The lowest BCUT2D eigenvalue weighted by Crippen LogP contribution is -2.23. The van der Waals surface area contributed by atoms with E-state index < -0.39 is 0 Å². The third kappa shape index (κ3) is 10.9. The Balaban J connectivity index is 0.000000271. The number of rotatable bonds is 14. The van der Waals surface area contributed by atoms with Crippen LogP contribution in [0.15, 0.2) is 199 Å². The first-order valence-electron chi connectivity index (χ1n) is 22.2. The van der Waals surface area contributed by atoms with Crippen molar-refractivity contribution < 1.29 is 0 Å². The second-order valence-corrected chi connectivity index (χ2v) is 14.9. The Bertz CT molecular complexity index is 2350. The third-order valence-electron chi connectivity index (χ3n) is 10.7. The molecule has 4 nitrogen and oxygen atoms in total. The van der Waals surface area contributed by atoms with E-state index in [4.69, 9.17) is 4.99 Å². The summed E-state index contributed by atoms with van der Waals surface area (Å²) < 4.78 is 0. The lowest BCUT2D eigenvalue weighted by Gasteiger charge is -2.36. The summed E-state index contributed by atoms with van der Waals surface area (Å²) in [6.45, 7) is 22.6. The van der Waals surface area contributed by atoms with Crippen molar-refractivity contribution in [3.63, 3.8) is 0 Å². The predicted molar refractivity (Wildman–Crippen MR) is 270 cm³/mol. The van der Waals surface area contributed by atoms with Gasteiger partial charge in [-0.2, -0.15) is 0 Å². The van der Waals surface area contributed by atoms with Crippen molar-refractivity contribution >= 4 is 51.2 Å². The fourth-order valence-corrected chi connectivity index (χ4v) is 7.64. The first kappa shape index (κ1) is 45.7. The van der Waals surface area contributed by atoms with Gasteiger partial charge >= 0.3 is 0 Å². The van der Waals surface area contributed by atoms with E-state index in [1.807, 2.05) is 20.8 Å². The Morgan fingerprint density at radius 2 is 1.28 bits per heavy atom. The highest BCUT2D eigenvalue weighted by atomic mass is 15.3. The Morgan fingerprint density at radius 1 is 0.689 bits per heavy atom. The summed E-state index contributed by atoms with van der Waals surface area (Å²) in [5.74, 6) is 0. The van der Waals surface area contributed by atoms with Gasteiger partial charge in [-0.05, 0) is 99.7 Å². The number of para-hydroxylation sites is 4. The summed E-state index contributed by atoms with van der Waals surface area (Å²) in [5.41, 5.74) is 13.7. The highest BCUT2D eigenvalue weighted by molar-refractivity contribution is 6.09. The van der Waals surface area contributed by atoms with E-state index in [9.17, 15) is 0 Å². The van der Waals surface area contributed by atoms with Gasteiger partial charge in [-0.3, -0.25) is 4.99 Å². The largest absolute Gasteiger partial charge is 0.340 e. The summed E-state index contributed by atoms with van der Waals surface area (Å²) in [4.78, 5) is 11.9. The lowest BCUT2D eigenvalue weighted by atomic mass is 9.92. The summed E-state index contributed by atoms with van der Waals surface area (Å²) in [7, 11) is 0. The summed E-state index contributed by atoms with van der Waals surface area (Å²) >= 11 is 0. The number of aliphatic imine (C=N–C) groups is 1. The minimum atomic E-state index is -0.0794. The van der Waals surface area contributed by atoms with Gasteiger partial charge in [-0.15, -0.1) is 0 Å². The number of benzene rings is 5. The van der Waals surface area contributed by atoms with Gasteiger partial charge in [0.1, 0.15) is 5.54 Å². The van der Waals surface area contributed by atoms with Crippen LogP contribution in [0.1, 0.15) is 85.3 Å². The molecule has 0 amide bonds. The van der Waals surface area contributed by atoms with Gasteiger partial charge in [0.25, 0.3) is 0 Å². The average Bonchev–Trinajstić information content (AvgIpc) is 4.00. The first-order chi connectivity index (χ1) is 29.9. The number of hydrogen-bond acceptors (Lipinski definition) is 4. The van der Waals surface area contributed by atoms with E-state index in [-0.39, 0.29) is 5.54 Å². The normalized spacial score (nSPS) is 15.8. The second-order valence-electron chi connectivity index (χ2n) is 14.9. The second kappa shape index (κ2) is 22.8. The van der Waals surface area contributed by atoms with Gasteiger partial charge in [0.15, 0.2) is 0 Å². The molecule has 1 unspecified atom stereocenters. The zero-order valence-electron chi connectivity index (χ0n) is 37.9. The topological polar surface area (TPSA) is 22.1 Å². The molecule has 0 fully saturated rings. The van der Waals surface area contributed by atoms with Gasteiger partial charge in [-0.25, -0.2) is 0 Å². The standard InChI is InChI=1S/C36H33N3.C19H27N.C2H6/c1-4-26-37(29-16-8-5-9-17-29)35-27(2)24-25-34-36(35)39(31-20-12-7-13-21-31)33-23-15-14-22-32(33)28(3)38(34)30-18-10-6-11-19-30;1-5-8-11-12-13-16-18-19(4,20-18)17(14-9-6-2)15-10-7-3;1-2/h5-25H,3-4,26H2,1-2H3;6,8-15H,5,7,16H2,1-4H3;1-2H3/b;9-6-,11-8-,13-12-,15-10-,17-14+;. The Hall–Kier alpha value is -6.39. The van der Waals surface area contributed by atoms with E-state index in [0.29, 0.717) is 0 Å². The highest BCUT2D eigenvalue weighted by Crippen LogP contribution is 2.55. The Morgan fingerprint density at radius 3 is 1.90 bits per heavy atom. The quantitative estimate of drug-likeness (QED) is 0.104. The van der Waals surface area contributed by atoms with E-state index >= 15 is 0 Å². The van der Waals surface area contributed by atoms with Crippen molar-refractivity contribution in [1.29, 1.82) is 0 Å². The van der Waals surface area contributed by atoms with Crippen molar-refractivity contribution in [3.8, 4) is 0 Å². The van der Waals surface area contributed by atoms with Crippen molar-refractivity contribution in [2.45, 2.75) is 86.6 Å². The van der Waals surface area contributed by atoms with Crippen LogP contribution in [0.25, 0.3) is 5.70 Å². The van der Waals surface area contributed by atoms with Crippen LogP contribution in [0.5, 0.6) is 0 Å². The monoisotopic (exact) mass is 807 g/mol. The fourth-order valence-electron chi connectivity index (χ4n) is 7.64. The molecule has 1 atom stereocenters. The fraction of sp³-hybridized carbons (Fsp3) is 0.246. The zero-order valence-corrected chi connectivity index (χ0v) is 37.9. The third-order valence-corrected chi connectivity index (χ3v) is 10.7. The van der Waals surface area contributed by atoms with Crippen LogP contribution >= 0.6 is 0 Å².